The molecule has 1 unspecified atom stereocenters. The van der Waals surface area contributed by atoms with Gasteiger partial charge in [0.1, 0.15) is 6.04 Å². The topological polar surface area (TPSA) is 67.7 Å². The van der Waals surface area contributed by atoms with Crippen molar-refractivity contribution >= 4 is 27.7 Å². The molecule has 2 aliphatic heterocycles. The first-order valence-corrected chi connectivity index (χ1v) is 11.4. The van der Waals surface area contributed by atoms with Crippen LogP contribution in [0.1, 0.15) is 34.3 Å². The van der Waals surface area contributed by atoms with E-state index in [-0.39, 0.29) is 17.9 Å². The maximum atomic E-state index is 13.2. The smallest absolute Gasteiger partial charge is 0.254 e. The van der Waals surface area contributed by atoms with Crippen LogP contribution >= 0.6 is 15.9 Å². The molecule has 2 fully saturated rings. The van der Waals surface area contributed by atoms with Crippen molar-refractivity contribution in [2.24, 2.45) is 0 Å². The summed E-state index contributed by atoms with van der Waals surface area (Å²) in [5, 5.41) is 8.93. The lowest BCUT2D eigenvalue weighted by molar-refractivity contribution is -0.137. The minimum atomic E-state index is -0.360. The normalized spacial score (nSPS) is 19.3. The quantitative estimate of drug-likeness (QED) is 0.673. The van der Waals surface area contributed by atoms with Crippen LogP contribution in [0.3, 0.4) is 0 Å². The highest BCUT2D eigenvalue weighted by atomic mass is 79.9. The third-order valence-corrected chi connectivity index (χ3v) is 6.59. The van der Waals surface area contributed by atoms with E-state index in [1.54, 1.807) is 17.0 Å². The largest absolute Gasteiger partial charge is 0.338 e. The van der Waals surface area contributed by atoms with Crippen molar-refractivity contribution < 1.29 is 9.59 Å². The molecule has 2 saturated heterocycles. The number of carbonyl (C=O) groups excluding carboxylic acids is 2. The lowest BCUT2D eigenvalue weighted by Gasteiger charge is -2.37. The summed E-state index contributed by atoms with van der Waals surface area (Å²) in [6.07, 6.45) is 1.59. The molecule has 0 bridgehead atoms. The summed E-state index contributed by atoms with van der Waals surface area (Å²) in [6, 6.07) is 16.7. The van der Waals surface area contributed by atoms with E-state index in [1.807, 2.05) is 41.3 Å². The van der Waals surface area contributed by atoms with Gasteiger partial charge in [-0.25, -0.2) is 0 Å². The Bertz CT molecular complexity index is 976. The van der Waals surface area contributed by atoms with Gasteiger partial charge in [0.15, 0.2) is 0 Å². The summed E-state index contributed by atoms with van der Waals surface area (Å²) in [7, 11) is 0. The van der Waals surface area contributed by atoms with Crippen LogP contribution in [-0.4, -0.2) is 65.3 Å². The van der Waals surface area contributed by atoms with Crippen LogP contribution in [0.25, 0.3) is 0 Å². The number of nitrogens with zero attached hydrogens (tertiary/aromatic N) is 4. The van der Waals surface area contributed by atoms with Gasteiger partial charge in [0.25, 0.3) is 5.91 Å². The van der Waals surface area contributed by atoms with Gasteiger partial charge in [0.05, 0.1) is 11.6 Å². The van der Waals surface area contributed by atoms with Gasteiger partial charge in [-0.3, -0.25) is 14.5 Å². The summed E-state index contributed by atoms with van der Waals surface area (Å²) in [4.78, 5) is 32.2. The summed E-state index contributed by atoms with van der Waals surface area (Å²) in [5.41, 5.74) is 2.45. The molecule has 4 rings (SSSR count). The first-order chi connectivity index (χ1) is 15.0. The standard InChI is InChI=1S/C24H25BrN4O2/c25-21-9-7-20(8-10-21)23(30)29-11-1-2-22(29)24(31)28-14-12-27(13-15-28)17-19-5-3-18(16-26)4-6-19/h3-10,22H,1-2,11-15,17H2. The van der Waals surface area contributed by atoms with Crippen molar-refractivity contribution in [3.05, 3.63) is 69.7 Å². The molecule has 0 saturated carbocycles. The fourth-order valence-corrected chi connectivity index (χ4v) is 4.57. The third kappa shape index (κ3) is 4.97. The van der Waals surface area contributed by atoms with Gasteiger partial charge < -0.3 is 9.80 Å². The van der Waals surface area contributed by atoms with Crippen molar-refractivity contribution in [1.82, 2.24) is 14.7 Å². The van der Waals surface area contributed by atoms with Crippen LogP contribution in [0, 0.1) is 11.3 Å². The molecule has 1 atom stereocenters. The number of halogens is 1. The molecule has 0 radical (unpaired) electrons. The van der Waals surface area contributed by atoms with E-state index in [0.717, 1.165) is 36.9 Å². The van der Waals surface area contributed by atoms with Gasteiger partial charge in [-0.15, -0.1) is 0 Å². The van der Waals surface area contributed by atoms with Crippen molar-refractivity contribution in [3.63, 3.8) is 0 Å². The molecule has 0 N–H and O–H groups in total. The van der Waals surface area contributed by atoms with Crippen molar-refractivity contribution in [2.75, 3.05) is 32.7 Å². The molecule has 2 heterocycles. The molecule has 160 valence electrons. The SMILES string of the molecule is N#Cc1ccc(CN2CCN(C(=O)C3CCCN3C(=O)c3ccc(Br)cc3)CC2)cc1. The summed E-state index contributed by atoms with van der Waals surface area (Å²) in [6.45, 7) is 4.39. The predicted molar refractivity (Wildman–Crippen MR) is 121 cm³/mol. The average Bonchev–Trinajstić information content (AvgIpc) is 3.29. The molecular formula is C24H25BrN4O2. The van der Waals surface area contributed by atoms with Crippen LogP contribution in [-0.2, 0) is 11.3 Å². The Hall–Kier alpha value is -2.69. The fraction of sp³-hybridized carbons (Fsp3) is 0.375. The van der Waals surface area contributed by atoms with Gasteiger partial charge in [-0.1, -0.05) is 28.1 Å². The minimum absolute atomic E-state index is 0.0669. The van der Waals surface area contributed by atoms with Crippen LogP contribution < -0.4 is 0 Å². The highest BCUT2D eigenvalue weighted by Gasteiger charge is 2.37. The Balaban J connectivity index is 1.33. The molecule has 6 nitrogen and oxygen atoms in total. The molecule has 0 aromatic heterocycles. The number of rotatable bonds is 4. The van der Waals surface area contributed by atoms with Gasteiger partial charge in [-0.2, -0.15) is 5.26 Å². The Morgan fingerprint density at radius 1 is 0.968 bits per heavy atom. The third-order valence-electron chi connectivity index (χ3n) is 6.06. The number of hydrogen-bond donors (Lipinski definition) is 0. The van der Waals surface area contributed by atoms with Crippen molar-refractivity contribution in [1.29, 1.82) is 5.26 Å². The maximum absolute atomic E-state index is 13.2. The second-order valence-electron chi connectivity index (χ2n) is 8.07. The lowest BCUT2D eigenvalue weighted by atomic mass is 10.1. The molecule has 0 spiro atoms. The van der Waals surface area contributed by atoms with Crippen LogP contribution in [0.4, 0.5) is 0 Å². The van der Waals surface area contributed by atoms with Crippen molar-refractivity contribution in [3.8, 4) is 6.07 Å². The summed E-state index contributed by atoms with van der Waals surface area (Å²) < 4.78 is 0.928. The Morgan fingerprint density at radius 3 is 2.29 bits per heavy atom. The van der Waals surface area contributed by atoms with Crippen molar-refractivity contribution in [2.45, 2.75) is 25.4 Å². The Labute approximate surface area is 191 Å². The number of piperazine rings is 1. The molecule has 2 aliphatic rings. The number of hydrogen-bond acceptors (Lipinski definition) is 4. The Kier molecular flexibility index (Phi) is 6.69. The molecule has 7 heteroatoms. The van der Waals surface area contributed by atoms with E-state index >= 15 is 0 Å². The summed E-state index contributed by atoms with van der Waals surface area (Å²) >= 11 is 3.39. The van der Waals surface area contributed by atoms with E-state index in [0.29, 0.717) is 30.8 Å². The first kappa shape index (κ1) is 21.5. The lowest BCUT2D eigenvalue weighted by Crippen LogP contribution is -2.54. The van der Waals surface area contributed by atoms with E-state index in [2.05, 4.69) is 26.9 Å². The monoisotopic (exact) mass is 480 g/mol. The number of nitriles is 1. The first-order valence-electron chi connectivity index (χ1n) is 10.6. The average molecular weight is 481 g/mol. The molecule has 2 aromatic carbocycles. The Morgan fingerprint density at radius 2 is 1.65 bits per heavy atom. The fourth-order valence-electron chi connectivity index (χ4n) is 4.30. The molecule has 0 aliphatic carbocycles. The highest BCUT2D eigenvalue weighted by Crippen LogP contribution is 2.23. The predicted octanol–water partition coefficient (Wildman–Crippen LogP) is 3.27. The molecular weight excluding hydrogens is 456 g/mol. The minimum Gasteiger partial charge on any atom is -0.338 e. The van der Waals surface area contributed by atoms with E-state index in [9.17, 15) is 9.59 Å². The molecule has 2 aromatic rings. The number of likely N-dealkylation sites (tertiary alicyclic amines) is 1. The van der Waals surface area contributed by atoms with Gasteiger partial charge in [0.2, 0.25) is 5.91 Å². The van der Waals surface area contributed by atoms with Crippen LogP contribution in [0.15, 0.2) is 53.0 Å². The number of carbonyl (C=O) groups is 2. The number of benzene rings is 2. The second kappa shape index (κ2) is 9.63. The zero-order chi connectivity index (χ0) is 21.8. The van der Waals surface area contributed by atoms with E-state index in [1.165, 1.54) is 5.56 Å². The molecule has 2 amide bonds. The molecule has 31 heavy (non-hydrogen) atoms. The maximum Gasteiger partial charge on any atom is 0.254 e. The van der Waals surface area contributed by atoms with Crippen LogP contribution in [0.2, 0.25) is 0 Å². The second-order valence-corrected chi connectivity index (χ2v) is 8.99. The van der Waals surface area contributed by atoms with Crippen LogP contribution in [0.5, 0.6) is 0 Å². The zero-order valence-electron chi connectivity index (χ0n) is 17.3. The van der Waals surface area contributed by atoms with E-state index in [4.69, 9.17) is 5.26 Å². The highest BCUT2D eigenvalue weighted by molar-refractivity contribution is 9.10. The van der Waals surface area contributed by atoms with Gasteiger partial charge in [-0.05, 0) is 54.8 Å². The van der Waals surface area contributed by atoms with Gasteiger partial charge >= 0.3 is 0 Å². The zero-order valence-corrected chi connectivity index (χ0v) is 18.9. The van der Waals surface area contributed by atoms with E-state index < -0.39 is 0 Å². The summed E-state index contributed by atoms with van der Waals surface area (Å²) in [5.74, 6) is 0.00351. The van der Waals surface area contributed by atoms with Gasteiger partial charge in [0, 0.05) is 49.3 Å². The number of amides is 2.